The van der Waals surface area contributed by atoms with Gasteiger partial charge in [-0.05, 0) is 38.9 Å². The Morgan fingerprint density at radius 1 is 1.44 bits per heavy atom. The van der Waals surface area contributed by atoms with Crippen molar-refractivity contribution in [2.24, 2.45) is 0 Å². The maximum atomic E-state index is 11.3. The molecule has 3 nitrogen and oxygen atoms in total. The maximum Gasteiger partial charge on any atom is 0.324 e. The number of hydrogen-bond donors (Lipinski definition) is 2. The predicted molar refractivity (Wildman–Crippen MR) is 76.4 cm³/mol. The fraction of sp³-hybridized carbons (Fsp3) is 0.500. The van der Waals surface area contributed by atoms with Crippen LogP contribution in [0.25, 0.3) is 0 Å². The molecule has 18 heavy (non-hydrogen) atoms. The highest BCUT2D eigenvalue weighted by Crippen LogP contribution is 2.27. The summed E-state index contributed by atoms with van der Waals surface area (Å²) in [5.74, 6) is -0.289. The van der Waals surface area contributed by atoms with Gasteiger partial charge in [0.1, 0.15) is 5.54 Å². The van der Waals surface area contributed by atoms with E-state index in [-0.39, 0.29) is 0 Å². The van der Waals surface area contributed by atoms with Crippen molar-refractivity contribution in [3.05, 3.63) is 29.3 Å². The van der Waals surface area contributed by atoms with Crippen LogP contribution in [-0.4, -0.2) is 28.9 Å². The van der Waals surface area contributed by atoms with Crippen molar-refractivity contribution in [3.63, 3.8) is 0 Å². The molecule has 1 rings (SSSR count). The second-order valence-electron chi connectivity index (χ2n) is 4.73. The van der Waals surface area contributed by atoms with Crippen molar-refractivity contribution in [1.82, 2.24) is 5.32 Å². The Morgan fingerprint density at radius 3 is 2.67 bits per heavy atom. The van der Waals surface area contributed by atoms with Crippen LogP contribution in [0.5, 0.6) is 0 Å². The molecule has 1 aromatic rings. The number of benzene rings is 1. The zero-order chi connectivity index (χ0) is 13.8. The Balaban J connectivity index is 2.79. The zero-order valence-electron chi connectivity index (χ0n) is 11.4. The fourth-order valence-electron chi connectivity index (χ4n) is 1.66. The number of aryl methyl sites for hydroxylation is 2. The number of likely N-dealkylation sites (N-methyl/N-ethyl adjacent to an activating group) is 1. The molecule has 0 bridgehead atoms. The van der Waals surface area contributed by atoms with E-state index >= 15 is 0 Å². The highest BCUT2D eigenvalue weighted by atomic mass is 32.2. The third-order valence-corrected chi connectivity index (χ3v) is 4.37. The van der Waals surface area contributed by atoms with Gasteiger partial charge in [-0.25, -0.2) is 0 Å². The van der Waals surface area contributed by atoms with Gasteiger partial charge in [0.25, 0.3) is 0 Å². The summed E-state index contributed by atoms with van der Waals surface area (Å²) in [6.45, 7) is 8.40. The molecular formula is C14H21NO2S. The van der Waals surface area contributed by atoms with Crippen molar-refractivity contribution in [1.29, 1.82) is 0 Å². The first-order valence-electron chi connectivity index (χ1n) is 6.07. The van der Waals surface area contributed by atoms with Gasteiger partial charge in [0, 0.05) is 10.6 Å². The van der Waals surface area contributed by atoms with Gasteiger partial charge in [0.15, 0.2) is 0 Å². The van der Waals surface area contributed by atoms with E-state index in [2.05, 4.69) is 23.5 Å². The van der Waals surface area contributed by atoms with E-state index in [1.165, 1.54) is 11.1 Å². The quantitative estimate of drug-likeness (QED) is 0.778. The molecule has 2 N–H and O–H groups in total. The first kappa shape index (κ1) is 15.1. The molecule has 0 aromatic heterocycles. The minimum absolute atomic E-state index is 0.514. The third-order valence-electron chi connectivity index (χ3n) is 2.90. The Hall–Kier alpha value is -1.00. The Bertz CT molecular complexity index is 434. The van der Waals surface area contributed by atoms with Crippen LogP contribution in [0.3, 0.4) is 0 Å². The van der Waals surface area contributed by atoms with Gasteiger partial charge < -0.3 is 10.4 Å². The van der Waals surface area contributed by atoms with Crippen LogP contribution in [0.1, 0.15) is 25.0 Å². The molecule has 0 saturated heterocycles. The summed E-state index contributed by atoms with van der Waals surface area (Å²) < 4.78 is 0. The van der Waals surface area contributed by atoms with Crippen molar-refractivity contribution in [2.75, 3.05) is 12.3 Å². The largest absolute Gasteiger partial charge is 0.480 e. The van der Waals surface area contributed by atoms with Crippen LogP contribution in [0.2, 0.25) is 0 Å². The number of carboxylic acids is 1. The number of aliphatic carboxylic acids is 1. The minimum atomic E-state index is -0.879. The molecule has 0 radical (unpaired) electrons. The molecule has 0 fully saturated rings. The van der Waals surface area contributed by atoms with Crippen molar-refractivity contribution < 1.29 is 9.90 Å². The van der Waals surface area contributed by atoms with Crippen LogP contribution < -0.4 is 5.32 Å². The number of carboxylic acid groups (broad SMARTS) is 1. The third kappa shape index (κ3) is 3.75. The Morgan fingerprint density at radius 2 is 2.11 bits per heavy atom. The monoisotopic (exact) mass is 267 g/mol. The van der Waals surface area contributed by atoms with Gasteiger partial charge in [-0.2, -0.15) is 0 Å². The highest BCUT2D eigenvalue weighted by Gasteiger charge is 2.32. The molecule has 0 aliphatic heterocycles. The minimum Gasteiger partial charge on any atom is -0.480 e. The fourth-order valence-corrected chi connectivity index (χ4v) is 2.90. The summed E-state index contributed by atoms with van der Waals surface area (Å²) in [6, 6.07) is 6.25. The number of carbonyl (C=O) groups is 1. The number of rotatable bonds is 6. The lowest BCUT2D eigenvalue weighted by Gasteiger charge is -2.25. The Kier molecular flexibility index (Phi) is 5.23. The summed E-state index contributed by atoms with van der Waals surface area (Å²) in [5, 5.41) is 12.3. The lowest BCUT2D eigenvalue weighted by atomic mass is 10.1. The lowest BCUT2D eigenvalue weighted by Crippen LogP contribution is -2.51. The van der Waals surface area contributed by atoms with Gasteiger partial charge in [-0.3, -0.25) is 4.79 Å². The first-order valence-corrected chi connectivity index (χ1v) is 7.06. The number of nitrogens with one attached hydrogen (secondary N) is 1. The van der Waals surface area contributed by atoms with Crippen molar-refractivity contribution >= 4 is 17.7 Å². The predicted octanol–water partition coefficient (Wildman–Crippen LogP) is 2.85. The molecular weight excluding hydrogens is 246 g/mol. The van der Waals surface area contributed by atoms with E-state index in [1.54, 1.807) is 18.7 Å². The van der Waals surface area contributed by atoms with Gasteiger partial charge >= 0.3 is 5.97 Å². The van der Waals surface area contributed by atoms with E-state index in [0.717, 1.165) is 4.90 Å². The second kappa shape index (κ2) is 6.25. The highest BCUT2D eigenvalue weighted by molar-refractivity contribution is 7.99. The molecule has 0 heterocycles. The number of thioether (sulfide) groups is 1. The molecule has 0 amide bonds. The van der Waals surface area contributed by atoms with Crippen molar-refractivity contribution in [2.45, 2.75) is 38.1 Å². The van der Waals surface area contributed by atoms with Crippen LogP contribution >= 0.6 is 11.8 Å². The zero-order valence-corrected chi connectivity index (χ0v) is 12.2. The first-order chi connectivity index (χ1) is 8.39. The summed E-state index contributed by atoms with van der Waals surface area (Å²) in [6.07, 6.45) is 0. The standard InChI is InChI=1S/C14H21NO2S/c1-5-15-14(4,13(16)17)9-18-12-8-10(2)6-7-11(12)3/h6-8,15H,5,9H2,1-4H3,(H,16,17). The average Bonchev–Trinajstić information content (AvgIpc) is 2.30. The summed E-state index contributed by atoms with van der Waals surface area (Å²) in [5.41, 5.74) is 1.51. The summed E-state index contributed by atoms with van der Waals surface area (Å²) >= 11 is 1.59. The summed E-state index contributed by atoms with van der Waals surface area (Å²) in [4.78, 5) is 12.5. The molecule has 1 atom stereocenters. The van der Waals surface area contributed by atoms with Gasteiger partial charge in [-0.15, -0.1) is 11.8 Å². The average molecular weight is 267 g/mol. The van der Waals surface area contributed by atoms with Crippen LogP contribution in [0.4, 0.5) is 0 Å². The normalized spacial score (nSPS) is 14.2. The van der Waals surface area contributed by atoms with E-state index in [0.29, 0.717) is 12.3 Å². The van der Waals surface area contributed by atoms with Crippen LogP contribution in [0, 0.1) is 13.8 Å². The molecule has 100 valence electrons. The molecule has 1 unspecified atom stereocenters. The van der Waals surface area contributed by atoms with E-state index < -0.39 is 11.5 Å². The SMILES string of the molecule is CCNC(C)(CSc1cc(C)ccc1C)C(=O)O. The second-order valence-corrected chi connectivity index (χ2v) is 5.74. The topological polar surface area (TPSA) is 49.3 Å². The van der Waals surface area contributed by atoms with E-state index in [4.69, 9.17) is 0 Å². The molecule has 0 aliphatic carbocycles. The van der Waals surface area contributed by atoms with Crippen LogP contribution in [-0.2, 0) is 4.79 Å². The molecule has 0 saturated carbocycles. The van der Waals surface area contributed by atoms with Gasteiger partial charge in [-0.1, -0.05) is 24.6 Å². The van der Waals surface area contributed by atoms with E-state index in [9.17, 15) is 9.90 Å². The molecule has 1 aromatic carbocycles. The molecule has 4 heteroatoms. The lowest BCUT2D eigenvalue weighted by molar-refractivity contribution is -0.143. The summed E-state index contributed by atoms with van der Waals surface area (Å²) in [7, 11) is 0. The number of hydrogen-bond acceptors (Lipinski definition) is 3. The maximum absolute atomic E-state index is 11.3. The van der Waals surface area contributed by atoms with Gasteiger partial charge in [0.2, 0.25) is 0 Å². The smallest absolute Gasteiger partial charge is 0.324 e. The molecule has 0 aliphatic rings. The Labute approximate surface area is 113 Å². The van der Waals surface area contributed by atoms with Crippen LogP contribution in [0.15, 0.2) is 23.1 Å². The van der Waals surface area contributed by atoms with Gasteiger partial charge in [0.05, 0.1) is 0 Å². The van der Waals surface area contributed by atoms with E-state index in [1.807, 2.05) is 20.8 Å². The van der Waals surface area contributed by atoms with Crippen molar-refractivity contribution in [3.8, 4) is 0 Å². The molecule has 0 spiro atoms.